The largest absolute Gasteiger partial charge is 0.324 e. The van der Waals surface area contributed by atoms with Gasteiger partial charge in [-0.3, -0.25) is 9.69 Å². The second-order valence-corrected chi connectivity index (χ2v) is 5.61. The molecule has 1 saturated heterocycles. The monoisotopic (exact) mass is 361 g/mol. The van der Waals surface area contributed by atoms with Crippen molar-refractivity contribution in [3.8, 4) is 0 Å². The smallest absolute Gasteiger partial charge is 0.241 e. The maximum atomic E-state index is 12.6. The molecule has 0 spiro atoms. The zero-order valence-corrected chi connectivity index (χ0v) is 15.9. The summed E-state index contributed by atoms with van der Waals surface area (Å²) in [7, 11) is 0. The van der Waals surface area contributed by atoms with Gasteiger partial charge < -0.3 is 10.6 Å². The molecule has 2 N–H and O–H groups in total. The number of hydrogen-bond donors (Lipinski definition) is 2. The zero-order chi connectivity index (χ0) is 15.2. The minimum Gasteiger partial charge on any atom is -0.324 e. The number of amides is 1. The van der Waals surface area contributed by atoms with Crippen molar-refractivity contribution in [2.45, 2.75) is 39.7 Å². The molecule has 4 nitrogen and oxygen atoms in total. The van der Waals surface area contributed by atoms with Gasteiger partial charge in [0.05, 0.1) is 6.04 Å². The van der Waals surface area contributed by atoms with Gasteiger partial charge in [-0.25, -0.2) is 0 Å². The number of halogens is 2. The Bertz CT molecular complexity index is 468. The molecule has 1 aliphatic heterocycles. The number of hydrogen-bond acceptors (Lipinski definition) is 3. The third kappa shape index (κ3) is 5.64. The number of carbonyl (C=O) groups excluding carboxylic acids is 1. The number of nitrogens with zero attached hydrogens (tertiary/aromatic N) is 1. The van der Waals surface area contributed by atoms with Crippen LogP contribution in [0.15, 0.2) is 18.2 Å². The van der Waals surface area contributed by atoms with Crippen LogP contribution < -0.4 is 10.6 Å². The van der Waals surface area contributed by atoms with Gasteiger partial charge in [-0.15, -0.1) is 24.8 Å². The lowest BCUT2D eigenvalue weighted by molar-refractivity contribution is -0.121. The molecule has 1 amide bonds. The highest BCUT2D eigenvalue weighted by atomic mass is 35.5. The Labute approximate surface area is 152 Å². The minimum atomic E-state index is -0.0817. The normalized spacial score (nSPS) is 16.0. The molecule has 0 bridgehead atoms. The number of rotatable bonds is 5. The van der Waals surface area contributed by atoms with Crippen LogP contribution in [0.5, 0.6) is 0 Å². The first kappa shape index (κ1) is 22.2. The van der Waals surface area contributed by atoms with Crippen molar-refractivity contribution < 1.29 is 4.79 Å². The lowest BCUT2D eigenvalue weighted by atomic mass is 10.0. The van der Waals surface area contributed by atoms with E-state index in [2.05, 4.69) is 47.6 Å². The average molecular weight is 362 g/mol. The van der Waals surface area contributed by atoms with E-state index < -0.39 is 0 Å². The van der Waals surface area contributed by atoms with Gasteiger partial charge in [0.25, 0.3) is 0 Å². The van der Waals surface area contributed by atoms with Gasteiger partial charge in [-0.2, -0.15) is 0 Å². The number of nitrogens with one attached hydrogen (secondary N) is 2. The van der Waals surface area contributed by atoms with E-state index in [1.165, 1.54) is 11.1 Å². The van der Waals surface area contributed by atoms with Crippen LogP contribution in [0.3, 0.4) is 0 Å². The highest BCUT2D eigenvalue weighted by molar-refractivity contribution is 5.96. The summed E-state index contributed by atoms with van der Waals surface area (Å²) in [4.78, 5) is 14.8. The number of anilines is 1. The van der Waals surface area contributed by atoms with E-state index in [1.807, 2.05) is 6.92 Å². The fourth-order valence-corrected chi connectivity index (χ4v) is 2.87. The molecule has 1 aromatic rings. The Kier molecular flexibility index (Phi) is 10.5. The molecule has 132 valence electrons. The molecule has 2 rings (SSSR count). The molecule has 0 aliphatic carbocycles. The summed E-state index contributed by atoms with van der Waals surface area (Å²) >= 11 is 0. The van der Waals surface area contributed by atoms with Gasteiger partial charge in [0.2, 0.25) is 5.91 Å². The summed E-state index contributed by atoms with van der Waals surface area (Å²) in [6.45, 7) is 10.1. The van der Waals surface area contributed by atoms with Crippen molar-refractivity contribution in [2.75, 3.05) is 31.5 Å². The minimum absolute atomic E-state index is 0. The third-order valence-corrected chi connectivity index (χ3v) is 4.33. The van der Waals surface area contributed by atoms with Gasteiger partial charge in [0, 0.05) is 31.9 Å². The molecule has 0 radical (unpaired) electrons. The van der Waals surface area contributed by atoms with Crippen molar-refractivity contribution in [3.63, 3.8) is 0 Å². The molecule has 0 aromatic heterocycles. The first-order chi connectivity index (χ1) is 10.2. The van der Waals surface area contributed by atoms with Crippen LogP contribution in [0, 0.1) is 0 Å². The van der Waals surface area contributed by atoms with Gasteiger partial charge in [-0.1, -0.05) is 32.0 Å². The molecular weight excluding hydrogens is 333 g/mol. The average Bonchev–Trinajstić information content (AvgIpc) is 2.55. The summed E-state index contributed by atoms with van der Waals surface area (Å²) in [6, 6.07) is 6.20. The molecule has 1 heterocycles. The van der Waals surface area contributed by atoms with E-state index in [4.69, 9.17) is 0 Å². The Hall–Kier alpha value is -0.810. The van der Waals surface area contributed by atoms with Crippen LogP contribution >= 0.6 is 24.8 Å². The summed E-state index contributed by atoms with van der Waals surface area (Å²) in [5.74, 6) is 0.104. The number of piperazine rings is 1. The topological polar surface area (TPSA) is 44.4 Å². The summed E-state index contributed by atoms with van der Waals surface area (Å²) in [5, 5.41) is 6.50. The highest BCUT2D eigenvalue weighted by Gasteiger charge is 2.23. The van der Waals surface area contributed by atoms with Gasteiger partial charge in [0.1, 0.15) is 0 Å². The quantitative estimate of drug-likeness (QED) is 0.847. The SMILES string of the molecule is CCc1cccc(CC)c1NC(=O)C(C)N1CCNCC1.Cl.Cl. The van der Waals surface area contributed by atoms with E-state index in [1.54, 1.807) is 0 Å². The zero-order valence-electron chi connectivity index (χ0n) is 14.2. The molecule has 6 heteroatoms. The maximum absolute atomic E-state index is 12.6. The standard InChI is InChI=1S/C17H27N3O.2ClH/c1-4-14-7-6-8-15(5-2)16(14)19-17(21)13(3)20-11-9-18-10-12-20;;/h6-8,13,18H,4-5,9-12H2,1-3H3,(H,19,21);2*1H. The van der Waals surface area contributed by atoms with Crippen LogP contribution in [0.4, 0.5) is 5.69 Å². The van der Waals surface area contributed by atoms with Crippen molar-refractivity contribution >= 4 is 36.4 Å². The Morgan fingerprint density at radius 2 is 1.70 bits per heavy atom. The lowest BCUT2D eigenvalue weighted by Gasteiger charge is -2.32. The molecule has 1 aromatic carbocycles. The summed E-state index contributed by atoms with van der Waals surface area (Å²) in [5.41, 5.74) is 3.46. The van der Waals surface area contributed by atoms with Crippen molar-refractivity contribution in [1.29, 1.82) is 0 Å². The van der Waals surface area contributed by atoms with Gasteiger partial charge >= 0.3 is 0 Å². The number of benzene rings is 1. The van der Waals surface area contributed by atoms with Crippen molar-refractivity contribution in [3.05, 3.63) is 29.3 Å². The van der Waals surface area contributed by atoms with Crippen LogP contribution in [0.2, 0.25) is 0 Å². The molecule has 23 heavy (non-hydrogen) atoms. The number of carbonyl (C=O) groups is 1. The van der Waals surface area contributed by atoms with Crippen LogP contribution in [-0.4, -0.2) is 43.0 Å². The van der Waals surface area contributed by atoms with E-state index in [0.717, 1.165) is 44.7 Å². The Balaban J connectivity index is 0.00000242. The predicted molar refractivity (Wildman–Crippen MR) is 102 cm³/mol. The van der Waals surface area contributed by atoms with Crippen LogP contribution in [0.25, 0.3) is 0 Å². The van der Waals surface area contributed by atoms with Gasteiger partial charge in [-0.05, 0) is 30.9 Å². The lowest BCUT2D eigenvalue weighted by Crippen LogP contribution is -2.51. The first-order valence-electron chi connectivity index (χ1n) is 8.03. The van der Waals surface area contributed by atoms with Crippen LogP contribution in [-0.2, 0) is 17.6 Å². The number of para-hydroxylation sites is 1. The highest BCUT2D eigenvalue weighted by Crippen LogP contribution is 2.23. The van der Waals surface area contributed by atoms with Crippen LogP contribution in [0.1, 0.15) is 31.9 Å². The fourth-order valence-electron chi connectivity index (χ4n) is 2.87. The molecule has 0 saturated carbocycles. The second kappa shape index (κ2) is 10.9. The van der Waals surface area contributed by atoms with E-state index >= 15 is 0 Å². The van der Waals surface area contributed by atoms with E-state index in [0.29, 0.717) is 0 Å². The first-order valence-corrected chi connectivity index (χ1v) is 8.03. The molecule has 1 atom stereocenters. The third-order valence-electron chi connectivity index (χ3n) is 4.33. The fraction of sp³-hybridized carbons (Fsp3) is 0.588. The predicted octanol–water partition coefficient (Wildman–Crippen LogP) is 2.89. The Morgan fingerprint density at radius 1 is 1.17 bits per heavy atom. The molecule has 1 fully saturated rings. The number of aryl methyl sites for hydroxylation is 2. The van der Waals surface area contributed by atoms with Crippen molar-refractivity contribution in [1.82, 2.24) is 10.2 Å². The van der Waals surface area contributed by atoms with E-state index in [9.17, 15) is 4.79 Å². The second-order valence-electron chi connectivity index (χ2n) is 5.61. The molecule has 1 aliphatic rings. The summed E-state index contributed by atoms with van der Waals surface area (Å²) < 4.78 is 0. The maximum Gasteiger partial charge on any atom is 0.241 e. The Morgan fingerprint density at radius 3 is 2.17 bits per heavy atom. The van der Waals surface area contributed by atoms with Crippen molar-refractivity contribution in [2.24, 2.45) is 0 Å². The molecular formula is C17H29Cl2N3O. The van der Waals surface area contributed by atoms with E-state index in [-0.39, 0.29) is 36.8 Å². The molecule has 1 unspecified atom stereocenters. The van der Waals surface area contributed by atoms with Gasteiger partial charge in [0.15, 0.2) is 0 Å². The summed E-state index contributed by atoms with van der Waals surface area (Å²) in [6.07, 6.45) is 1.87.